The van der Waals surface area contributed by atoms with E-state index in [1.54, 1.807) is 10.8 Å². The average molecular weight is 267 g/mol. The third kappa shape index (κ3) is 2.49. The van der Waals surface area contributed by atoms with Crippen LogP contribution in [0, 0.1) is 0 Å². The normalized spacial score (nSPS) is 22.9. The molecule has 1 fully saturated rings. The second-order valence-electron chi connectivity index (χ2n) is 3.43. The van der Waals surface area contributed by atoms with Gasteiger partial charge in [0.1, 0.15) is 0 Å². The SMILES string of the molecule is O=S(=O)(Cl)c1nccn1C1CCCSC1. The fourth-order valence-electron chi connectivity index (χ4n) is 1.71. The van der Waals surface area contributed by atoms with Crippen LogP contribution in [0.5, 0.6) is 0 Å². The van der Waals surface area contributed by atoms with E-state index in [-0.39, 0.29) is 11.2 Å². The quantitative estimate of drug-likeness (QED) is 0.767. The second-order valence-corrected chi connectivity index (χ2v) is 7.04. The lowest BCUT2D eigenvalue weighted by molar-refractivity contribution is 0.459. The van der Waals surface area contributed by atoms with Gasteiger partial charge in [-0.2, -0.15) is 11.8 Å². The van der Waals surface area contributed by atoms with Crippen LogP contribution in [0.25, 0.3) is 0 Å². The average Bonchev–Trinajstić information content (AvgIpc) is 2.67. The highest BCUT2D eigenvalue weighted by Gasteiger charge is 2.23. The van der Waals surface area contributed by atoms with Gasteiger partial charge in [-0.25, -0.2) is 13.4 Å². The van der Waals surface area contributed by atoms with Gasteiger partial charge in [0.15, 0.2) is 0 Å². The van der Waals surface area contributed by atoms with Crippen LogP contribution in [0.1, 0.15) is 18.9 Å². The first kappa shape index (κ1) is 11.3. The van der Waals surface area contributed by atoms with E-state index in [0.29, 0.717) is 0 Å². The predicted octanol–water partition coefficient (Wildman–Crippen LogP) is 1.88. The number of aromatic nitrogens is 2. The number of thioether (sulfide) groups is 1. The lowest BCUT2D eigenvalue weighted by atomic mass is 10.2. The molecule has 1 aromatic rings. The highest BCUT2D eigenvalue weighted by molar-refractivity contribution is 8.13. The van der Waals surface area contributed by atoms with Gasteiger partial charge in [-0.05, 0) is 18.6 Å². The molecule has 0 spiro atoms. The molecule has 0 radical (unpaired) electrons. The number of halogens is 1. The highest BCUT2D eigenvalue weighted by atomic mass is 35.7. The van der Waals surface area contributed by atoms with Crippen molar-refractivity contribution in [3.8, 4) is 0 Å². The fourth-order valence-corrected chi connectivity index (χ4v) is 3.85. The number of nitrogens with zero attached hydrogens (tertiary/aromatic N) is 2. The van der Waals surface area contributed by atoms with E-state index in [4.69, 9.17) is 10.7 Å². The molecule has 7 heteroatoms. The second kappa shape index (κ2) is 4.35. The van der Waals surface area contributed by atoms with Crippen LogP contribution in [0.15, 0.2) is 17.6 Å². The summed E-state index contributed by atoms with van der Waals surface area (Å²) in [4.78, 5) is 3.80. The topological polar surface area (TPSA) is 52.0 Å². The van der Waals surface area contributed by atoms with Crippen molar-refractivity contribution in [3.05, 3.63) is 12.4 Å². The fraction of sp³-hybridized carbons (Fsp3) is 0.625. The summed E-state index contributed by atoms with van der Waals surface area (Å²) >= 11 is 1.83. The molecule has 1 unspecified atom stereocenters. The molecule has 1 atom stereocenters. The lowest BCUT2D eigenvalue weighted by Crippen LogP contribution is -2.18. The van der Waals surface area contributed by atoms with Gasteiger partial charge in [0, 0.05) is 34.9 Å². The maximum atomic E-state index is 11.2. The smallest absolute Gasteiger partial charge is 0.295 e. The van der Waals surface area contributed by atoms with Crippen LogP contribution in [0.4, 0.5) is 0 Å². The maximum absolute atomic E-state index is 11.2. The van der Waals surface area contributed by atoms with E-state index < -0.39 is 9.05 Å². The Kier molecular flexibility index (Phi) is 3.27. The Morgan fingerprint density at radius 1 is 1.60 bits per heavy atom. The standard InChI is InChI=1S/C8H11ClN2O2S2/c9-15(12,13)8-10-3-4-11(8)7-2-1-5-14-6-7/h3-4,7H,1-2,5-6H2. The van der Waals surface area contributed by atoms with Crippen molar-refractivity contribution in [1.82, 2.24) is 9.55 Å². The third-order valence-corrected chi connectivity index (χ3v) is 4.75. The summed E-state index contributed by atoms with van der Waals surface area (Å²) in [6.07, 6.45) is 5.26. The van der Waals surface area contributed by atoms with Crippen molar-refractivity contribution >= 4 is 31.5 Å². The van der Waals surface area contributed by atoms with Crippen molar-refractivity contribution in [2.75, 3.05) is 11.5 Å². The first-order valence-electron chi connectivity index (χ1n) is 4.64. The Bertz CT molecular complexity index is 437. The van der Waals surface area contributed by atoms with Crippen LogP contribution in [-0.2, 0) is 9.05 Å². The zero-order valence-corrected chi connectivity index (χ0v) is 10.4. The number of hydrogen-bond acceptors (Lipinski definition) is 4. The maximum Gasteiger partial charge on any atom is 0.295 e. The largest absolute Gasteiger partial charge is 0.317 e. The first-order chi connectivity index (χ1) is 7.09. The molecule has 4 nitrogen and oxygen atoms in total. The molecule has 0 N–H and O–H groups in total. The van der Waals surface area contributed by atoms with Gasteiger partial charge in [-0.15, -0.1) is 0 Å². The van der Waals surface area contributed by atoms with Crippen molar-refractivity contribution in [2.45, 2.75) is 24.0 Å². The van der Waals surface area contributed by atoms with E-state index >= 15 is 0 Å². The summed E-state index contributed by atoms with van der Waals surface area (Å²) in [5, 5.41) is -0.0309. The molecular formula is C8H11ClN2O2S2. The molecule has 0 saturated carbocycles. The van der Waals surface area contributed by atoms with Crippen LogP contribution < -0.4 is 0 Å². The van der Waals surface area contributed by atoms with E-state index in [2.05, 4.69) is 4.98 Å². The van der Waals surface area contributed by atoms with E-state index in [9.17, 15) is 8.42 Å². The van der Waals surface area contributed by atoms with Crippen molar-refractivity contribution in [3.63, 3.8) is 0 Å². The number of imidazole rings is 1. The Morgan fingerprint density at radius 3 is 3.00 bits per heavy atom. The summed E-state index contributed by atoms with van der Waals surface area (Å²) in [5.41, 5.74) is 0. The summed E-state index contributed by atoms with van der Waals surface area (Å²) < 4.78 is 24.1. The van der Waals surface area contributed by atoms with Gasteiger partial charge in [0.2, 0.25) is 5.16 Å². The monoisotopic (exact) mass is 266 g/mol. The molecule has 2 rings (SSSR count). The van der Waals surface area contributed by atoms with Crippen molar-refractivity contribution in [1.29, 1.82) is 0 Å². The van der Waals surface area contributed by atoms with Gasteiger partial charge >= 0.3 is 0 Å². The highest BCUT2D eigenvalue weighted by Crippen LogP contribution is 2.29. The molecule has 0 amide bonds. The molecule has 0 aromatic carbocycles. The minimum atomic E-state index is -3.72. The lowest BCUT2D eigenvalue weighted by Gasteiger charge is -2.23. The Morgan fingerprint density at radius 2 is 2.40 bits per heavy atom. The predicted molar refractivity (Wildman–Crippen MR) is 60.9 cm³/mol. The zero-order valence-electron chi connectivity index (χ0n) is 7.97. The zero-order chi connectivity index (χ0) is 10.9. The summed E-state index contributed by atoms with van der Waals surface area (Å²) in [7, 11) is 1.58. The number of rotatable bonds is 2. The Labute approximate surface area is 97.4 Å². The van der Waals surface area contributed by atoms with Crippen LogP contribution in [0.3, 0.4) is 0 Å². The van der Waals surface area contributed by atoms with E-state index in [1.807, 2.05) is 11.8 Å². The Hall–Kier alpha value is -0.200. The van der Waals surface area contributed by atoms with Crippen LogP contribution in [-0.4, -0.2) is 29.5 Å². The molecule has 1 aliphatic rings. The summed E-state index contributed by atoms with van der Waals surface area (Å²) in [6, 6.07) is 0.203. The van der Waals surface area contributed by atoms with Gasteiger partial charge in [0.25, 0.3) is 9.05 Å². The van der Waals surface area contributed by atoms with Crippen molar-refractivity contribution in [2.24, 2.45) is 0 Å². The van der Waals surface area contributed by atoms with Gasteiger partial charge < -0.3 is 4.57 Å². The minimum absolute atomic E-state index is 0.0309. The molecule has 1 saturated heterocycles. The molecule has 15 heavy (non-hydrogen) atoms. The minimum Gasteiger partial charge on any atom is -0.317 e. The molecule has 1 aromatic heterocycles. The van der Waals surface area contributed by atoms with Gasteiger partial charge in [-0.1, -0.05) is 0 Å². The van der Waals surface area contributed by atoms with Gasteiger partial charge in [0.05, 0.1) is 0 Å². The van der Waals surface area contributed by atoms with E-state index in [1.165, 1.54) is 6.20 Å². The van der Waals surface area contributed by atoms with Crippen LogP contribution in [0.2, 0.25) is 0 Å². The number of hydrogen-bond donors (Lipinski definition) is 0. The Balaban J connectivity index is 2.32. The molecular weight excluding hydrogens is 256 g/mol. The molecule has 0 bridgehead atoms. The van der Waals surface area contributed by atoms with Crippen LogP contribution >= 0.6 is 22.4 Å². The van der Waals surface area contributed by atoms with Crippen molar-refractivity contribution < 1.29 is 8.42 Å². The van der Waals surface area contributed by atoms with Gasteiger partial charge in [-0.3, -0.25) is 0 Å². The summed E-state index contributed by atoms with van der Waals surface area (Å²) in [6.45, 7) is 0. The third-order valence-electron chi connectivity index (χ3n) is 2.38. The summed E-state index contributed by atoms with van der Waals surface area (Å²) in [5.74, 6) is 2.07. The first-order valence-corrected chi connectivity index (χ1v) is 8.10. The molecule has 2 heterocycles. The molecule has 1 aliphatic heterocycles. The van der Waals surface area contributed by atoms with E-state index in [0.717, 1.165) is 24.3 Å². The molecule has 0 aliphatic carbocycles. The molecule has 84 valence electrons.